The van der Waals surface area contributed by atoms with Gasteiger partial charge in [0.05, 0.1) is 21.8 Å². The fraction of sp³-hybridized carbons (Fsp3) is 0.280. The lowest BCUT2D eigenvalue weighted by molar-refractivity contribution is -0.115. The van der Waals surface area contributed by atoms with Crippen molar-refractivity contribution >= 4 is 45.6 Å². The van der Waals surface area contributed by atoms with E-state index >= 15 is 4.39 Å². The molecule has 2 saturated heterocycles. The van der Waals surface area contributed by atoms with Crippen LogP contribution in [0.25, 0.3) is 28.2 Å². The molecule has 1 N–H and O–H groups in total. The minimum Gasteiger partial charge on any atom is -0.367 e. The number of amides is 2. The molecule has 0 atom stereocenters. The van der Waals surface area contributed by atoms with Gasteiger partial charge in [0.25, 0.3) is 11.1 Å². The molecule has 9 heteroatoms. The van der Waals surface area contributed by atoms with Gasteiger partial charge in [0.2, 0.25) is 0 Å². The van der Waals surface area contributed by atoms with Gasteiger partial charge in [-0.1, -0.05) is 19.1 Å². The molecule has 2 amide bonds. The maximum Gasteiger partial charge on any atom is 0.290 e. The minimum atomic E-state index is -0.409. The number of nitrogens with one attached hydrogen (secondary N) is 1. The summed E-state index contributed by atoms with van der Waals surface area (Å²) < 4.78 is 15.2. The van der Waals surface area contributed by atoms with Crippen LogP contribution in [0.5, 0.6) is 0 Å². The van der Waals surface area contributed by atoms with E-state index in [4.69, 9.17) is 0 Å². The van der Waals surface area contributed by atoms with Gasteiger partial charge >= 0.3 is 0 Å². The van der Waals surface area contributed by atoms with Crippen molar-refractivity contribution in [3.8, 4) is 11.3 Å². The van der Waals surface area contributed by atoms with Gasteiger partial charge in [-0.3, -0.25) is 19.8 Å². The van der Waals surface area contributed by atoms with Crippen molar-refractivity contribution in [2.45, 2.75) is 13.3 Å². The molecule has 7 nitrogen and oxygen atoms in total. The Morgan fingerprint density at radius 3 is 2.62 bits per heavy atom. The predicted octanol–water partition coefficient (Wildman–Crippen LogP) is 4.29. The van der Waals surface area contributed by atoms with Crippen LogP contribution in [0.3, 0.4) is 0 Å². The smallest absolute Gasteiger partial charge is 0.290 e. The molecule has 34 heavy (non-hydrogen) atoms. The van der Waals surface area contributed by atoms with Crippen LogP contribution < -0.4 is 10.2 Å². The Labute approximate surface area is 201 Å². The van der Waals surface area contributed by atoms with Crippen molar-refractivity contribution < 1.29 is 14.0 Å². The first-order valence-electron chi connectivity index (χ1n) is 11.3. The highest BCUT2D eigenvalue weighted by Gasteiger charge is 2.25. The fourth-order valence-corrected chi connectivity index (χ4v) is 5.09. The summed E-state index contributed by atoms with van der Waals surface area (Å²) in [5.74, 6) is -0.683. The number of thioether (sulfide) groups is 1. The summed E-state index contributed by atoms with van der Waals surface area (Å²) in [7, 11) is 0. The summed E-state index contributed by atoms with van der Waals surface area (Å²) in [6.07, 6.45) is 4.25. The van der Waals surface area contributed by atoms with Gasteiger partial charge in [-0.25, -0.2) is 14.4 Å². The maximum atomic E-state index is 15.2. The number of aromatic nitrogens is 2. The molecule has 2 aliphatic rings. The lowest BCUT2D eigenvalue weighted by Gasteiger charge is -2.36. The van der Waals surface area contributed by atoms with E-state index in [-0.39, 0.29) is 11.1 Å². The van der Waals surface area contributed by atoms with E-state index in [1.165, 1.54) is 12.4 Å². The first-order chi connectivity index (χ1) is 16.5. The van der Waals surface area contributed by atoms with Crippen molar-refractivity contribution in [2.75, 3.05) is 37.6 Å². The number of anilines is 1. The largest absolute Gasteiger partial charge is 0.367 e. The molecular weight excluding hydrogens is 453 g/mol. The van der Waals surface area contributed by atoms with Crippen molar-refractivity contribution in [3.05, 3.63) is 59.0 Å². The zero-order valence-electron chi connectivity index (χ0n) is 18.8. The zero-order valence-corrected chi connectivity index (χ0v) is 19.6. The Kier molecular flexibility index (Phi) is 6.30. The lowest BCUT2D eigenvalue weighted by Crippen LogP contribution is -2.46. The Bertz CT molecular complexity index is 1300. The van der Waals surface area contributed by atoms with Crippen molar-refractivity contribution in [1.29, 1.82) is 0 Å². The van der Waals surface area contributed by atoms with Crippen LogP contribution >= 0.6 is 11.8 Å². The van der Waals surface area contributed by atoms with E-state index in [0.717, 1.165) is 61.9 Å². The molecule has 0 spiro atoms. The number of fused-ring (bicyclic) bond motifs is 1. The zero-order chi connectivity index (χ0) is 23.7. The van der Waals surface area contributed by atoms with E-state index in [9.17, 15) is 9.59 Å². The second-order valence-electron chi connectivity index (χ2n) is 8.35. The quantitative estimate of drug-likeness (QED) is 0.549. The van der Waals surface area contributed by atoms with Crippen molar-refractivity contribution in [1.82, 2.24) is 20.2 Å². The third kappa shape index (κ3) is 4.53. The van der Waals surface area contributed by atoms with Crippen LogP contribution in [0.1, 0.15) is 18.9 Å². The van der Waals surface area contributed by atoms with E-state index in [1.54, 1.807) is 6.08 Å². The summed E-state index contributed by atoms with van der Waals surface area (Å²) in [5.41, 5.74) is 3.33. The number of halogens is 1. The van der Waals surface area contributed by atoms with Gasteiger partial charge in [-0.2, -0.15) is 0 Å². The number of carbonyl (C=O) groups excluding carboxylic acids is 2. The van der Waals surface area contributed by atoms with Gasteiger partial charge in [-0.15, -0.1) is 0 Å². The molecule has 0 radical (unpaired) electrons. The Morgan fingerprint density at radius 2 is 1.91 bits per heavy atom. The Morgan fingerprint density at radius 1 is 1.09 bits per heavy atom. The molecule has 2 aromatic carbocycles. The molecule has 0 aliphatic carbocycles. The summed E-state index contributed by atoms with van der Waals surface area (Å²) in [4.78, 5) is 36.9. The van der Waals surface area contributed by atoms with Crippen LogP contribution in [0, 0.1) is 5.82 Å². The molecule has 3 heterocycles. The molecule has 3 aromatic rings. The highest BCUT2D eigenvalue weighted by Crippen LogP contribution is 2.32. The van der Waals surface area contributed by atoms with Crippen LogP contribution in [-0.4, -0.2) is 58.7 Å². The maximum absolute atomic E-state index is 15.2. The summed E-state index contributed by atoms with van der Waals surface area (Å²) in [5, 5.41) is 2.61. The van der Waals surface area contributed by atoms with Gasteiger partial charge in [0.15, 0.2) is 0 Å². The van der Waals surface area contributed by atoms with Crippen molar-refractivity contribution in [3.63, 3.8) is 0 Å². The topological polar surface area (TPSA) is 78.4 Å². The van der Waals surface area contributed by atoms with Gasteiger partial charge < -0.3 is 4.90 Å². The van der Waals surface area contributed by atoms with E-state index < -0.39 is 5.91 Å². The monoisotopic (exact) mass is 477 g/mol. The highest BCUT2D eigenvalue weighted by atomic mass is 32.2. The summed E-state index contributed by atoms with van der Waals surface area (Å²) in [6, 6.07) is 10.7. The third-order valence-corrected chi connectivity index (χ3v) is 6.88. The van der Waals surface area contributed by atoms with Crippen LogP contribution in [0.2, 0.25) is 0 Å². The van der Waals surface area contributed by atoms with E-state index in [2.05, 4.69) is 32.0 Å². The average molecular weight is 478 g/mol. The number of benzene rings is 2. The van der Waals surface area contributed by atoms with Crippen LogP contribution in [0.4, 0.5) is 14.9 Å². The Balaban J connectivity index is 1.45. The van der Waals surface area contributed by atoms with Crippen LogP contribution in [0.15, 0.2) is 47.6 Å². The summed E-state index contributed by atoms with van der Waals surface area (Å²) in [6.45, 7) is 6.73. The molecule has 2 aliphatic heterocycles. The molecule has 2 fully saturated rings. The predicted molar refractivity (Wildman–Crippen MR) is 133 cm³/mol. The number of piperazine rings is 1. The second-order valence-corrected chi connectivity index (χ2v) is 9.36. The molecule has 5 rings (SSSR count). The number of nitrogens with zero attached hydrogens (tertiary/aromatic N) is 4. The normalized spacial score (nSPS) is 18.2. The minimum absolute atomic E-state index is 0.274. The fourth-order valence-electron chi connectivity index (χ4n) is 4.41. The molecule has 0 saturated carbocycles. The third-order valence-electron chi connectivity index (χ3n) is 6.07. The number of hydrogen-bond donors (Lipinski definition) is 1. The van der Waals surface area contributed by atoms with Gasteiger partial charge in [-0.05, 0) is 60.6 Å². The standard InChI is InChI=1S/C25H24FN5O2S/c1-2-7-30-8-10-31(11-9-30)21-6-4-17(14-19(21)26)23-18-12-16(3-5-20(18)27-15-28-23)13-22-24(32)29-25(33)34-22/h3-6,12-15H,2,7-11H2,1H3,(H,29,32,33). The van der Waals surface area contributed by atoms with Crippen LogP contribution in [-0.2, 0) is 4.79 Å². The number of hydrogen-bond acceptors (Lipinski definition) is 7. The first kappa shape index (κ1) is 22.5. The lowest BCUT2D eigenvalue weighted by atomic mass is 10.0. The Hall–Kier alpha value is -3.30. The van der Waals surface area contributed by atoms with Gasteiger partial charge in [0, 0.05) is 37.1 Å². The second kappa shape index (κ2) is 9.52. The highest BCUT2D eigenvalue weighted by molar-refractivity contribution is 8.18. The number of rotatable bonds is 5. The molecule has 1 aromatic heterocycles. The van der Waals surface area contributed by atoms with Crippen molar-refractivity contribution in [2.24, 2.45) is 0 Å². The molecule has 0 unspecified atom stereocenters. The van der Waals surface area contributed by atoms with Gasteiger partial charge in [0.1, 0.15) is 12.1 Å². The molecular formula is C25H24FN5O2S. The first-order valence-corrected chi connectivity index (χ1v) is 12.1. The molecule has 0 bridgehead atoms. The number of imide groups is 1. The average Bonchev–Trinajstić information content (AvgIpc) is 3.15. The summed E-state index contributed by atoms with van der Waals surface area (Å²) >= 11 is 0.867. The number of carbonyl (C=O) groups is 2. The molecule has 174 valence electrons. The van der Waals surface area contributed by atoms with E-state index in [0.29, 0.717) is 27.4 Å². The van der Waals surface area contributed by atoms with E-state index in [1.807, 2.05) is 30.3 Å². The SMILES string of the molecule is CCCN1CCN(c2ccc(-c3ncnc4ccc(C=C5SC(=O)NC5=O)cc34)cc2F)CC1.